The second kappa shape index (κ2) is 6.73. The highest BCUT2D eigenvalue weighted by Gasteiger charge is 2.37. The minimum Gasteiger partial charge on any atom is -0.322 e. The maximum atomic E-state index is 14.0. The van der Waals surface area contributed by atoms with Gasteiger partial charge in [0.15, 0.2) is 11.6 Å². The summed E-state index contributed by atoms with van der Waals surface area (Å²) in [6.45, 7) is 1.86. The van der Waals surface area contributed by atoms with Gasteiger partial charge >= 0.3 is 0 Å². The van der Waals surface area contributed by atoms with Crippen molar-refractivity contribution in [2.24, 2.45) is 5.92 Å². The largest absolute Gasteiger partial charge is 0.322 e. The van der Waals surface area contributed by atoms with Crippen molar-refractivity contribution in [2.75, 3.05) is 5.32 Å². The zero-order chi connectivity index (χ0) is 19.1. The maximum Gasteiger partial charge on any atom is 0.255 e. The molecule has 0 spiro atoms. The van der Waals surface area contributed by atoms with Crippen molar-refractivity contribution in [1.29, 1.82) is 0 Å². The van der Waals surface area contributed by atoms with Crippen LogP contribution >= 0.6 is 0 Å². The molecule has 5 nitrogen and oxygen atoms in total. The number of sulfonamides is 1. The molecule has 0 aliphatic heterocycles. The predicted octanol–water partition coefficient (Wildman–Crippen LogP) is 3.04. The van der Waals surface area contributed by atoms with Crippen molar-refractivity contribution in [3.05, 3.63) is 59.4 Å². The lowest BCUT2D eigenvalue weighted by Gasteiger charge is -2.10. The highest BCUT2D eigenvalue weighted by Crippen LogP contribution is 2.31. The van der Waals surface area contributed by atoms with Crippen molar-refractivity contribution in [2.45, 2.75) is 24.3 Å². The van der Waals surface area contributed by atoms with E-state index in [9.17, 15) is 26.4 Å². The monoisotopic (exact) mass is 384 g/mol. The van der Waals surface area contributed by atoms with Crippen LogP contribution in [0.3, 0.4) is 0 Å². The number of hydrogen-bond acceptors (Lipinski definition) is 3. The molecule has 2 aromatic carbocycles. The molecular weight excluding hydrogens is 369 g/mol. The molecule has 0 heterocycles. The van der Waals surface area contributed by atoms with Crippen LogP contribution in [0, 0.1) is 23.4 Å². The lowest BCUT2D eigenvalue weighted by molar-refractivity contribution is 0.102. The van der Waals surface area contributed by atoms with Crippen LogP contribution in [-0.2, 0) is 10.0 Å². The summed E-state index contributed by atoms with van der Waals surface area (Å²) in [5.74, 6) is -3.82. The third-order valence-corrected chi connectivity index (χ3v) is 5.58. The Bertz CT molecular complexity index is 979. The quantitative estimate of drug-likeness (QED) is 0.832. The first-order valence-electron chi connectivity index (χ1n) is 7.75. The van der Waals surface area contributed by atoms with Gasteiger partial charge in [-0.1, -0.05) is 6.92 Å². The second-order valence-corrected chi connectivity index (χ2v) is 7.85. The number of rotatable bonds is 5. The van der Waals surface area contributed by atoms with Gasteiger partial charge in [0.2, 0.25) is 10.0 Å². The van der Waals surface area contributed by atoms with Crippen LogP contribution in [0.15, 0.2) is 41.3 Å². The second-order valence-electron chi connectivity index (χ2n) is 6.17. The average molecular weight is 384 g/mol. The van der Waals surface area contributed by atoms with Gasteiger partial charge in [-0.2, -0.15) is 0 Å². The molecule has 26 heavy (non-hydrogen) atoms. The lowest BCUT2D eigenvalue weighted by Crippen LogP contribution is -2.28. The van der Waals surface area contributed by atoms with E-state index in [-0.39, 0.29) is 23.2 Å². The van der Waals surface area contributed by atoms with E-state index in [1.165, 1.54) is 0 Å². The third-order valence-electron chi connectivity index (χ3n) is 4.08. The van der Waals surface area contributed by atoms with Crippen LogP contribution in [-0.4, -0.2) is 20.4 Å². The molecule has 2 aromatic rings. The van der Waals surface area contributed by atoms with Gasteiger partial charge in [-0.25, -0.2) is 26.3 Å². The molecule has 0 aromatic heterocycles. The molecule has 0 saturated heterocycles. The van der Waals surface area contributed by atoms with Gasteiger partial charge in [0.25, 0.3) is 5.91 Å². The van der Waals surface area contributed by atoms with E-state index >= 15 is 0 Å². The van der Waals surface area contributed by atoms with E-state index in [0.29, 0.717) is 6.42 Å². The summed E-state index contributed by atoms with van der Waals surface area (Å²) < 4.78 is 67.1. The number of carbonyl (C=O) groups is 1. The molecule has 1 aliphatic carbocycles. The number of nitrogens with one attached hydrogen (secondary N) is 2. The van der Waals surface area contributed by atoms with Gasteiger partial charge in [-0.05, 0) is 42.7 Å². The molecule has 1 saturated carbocycles. The Morgan fingerprint density at radius 3 is 2.31 bits per heavy atom. The fourth-order valence-corrected chi connectivity index (χ4v) is 3.84. The van der Waals surface area contributed by atoms with Gasteiger partial charge in [-0.3, -0.25) is 4.79 Å². The van der Waals surface area contributed by atoms with Crippen molar-refractivity contribution in [3.63, 3.8) is 0 Å². The van der Waals surface area contributed by atoms with Gasteiger partial charge in [0.1, 0.15) is 10.7 Å². The van der Waals surface area contributed by atoms with Crippen molar-refractivity contribution < 1.29 is 26.4 Å². The summed E-state index contributed by atoms with van der Waals surface area (Å²) in [6, 6.07) is 5.39. The summed E-state index contributed by atoms with van der Waals surface area (Å²) in [5, 5.41) is 2.30. The Labute approximate surface area is 148 Å². The van der Waals surface area contributed by atoms with Crippen molar-refractivity contribution in [3.8, 4) is 0 Å². The van der Waals surface area contributed by atoms with Gasteiger partial charge in [0.05, 0.1) is 0 Å². The average Bonchev–Trinajstić information content (AvgIpc) is 3.25. The molecule has 1 fully saturated rings. The number of benzene rings is 2. The van der Waals surface area contributed by atoms with E-state index in [2.05, 4.69) is 10.0 Å². The Morgan fingerprint density at radius 2 is 1.69 bits per heavy atom. The van der Waals surface area contributed by atoms with E-state index < -0.39 is 38.3 Å². The lowest BCUT2D eigenvalue weighted by atomic mass is 10.2. The number of amides is 1. The Morgan fingerprint density at radius 1 is 1.04 bits per heavy atom. The van der Waals surface area contributed by atoms with Crippen LogP contribution in [0.1, 0.15) is 23.7 Å². The summed E-state index contributed by atoms with van der Waals surface area (Å²) in [4.78, 5) is 11.6. The Balaban J connectivity index is 1.84. The first-order chi connectivity index (χ1) is 12.2. The SMILES string of the molecule is CC1CC1NS(=O)(=O)c1cc(C(=O)Nc2ccc(F)c(F)c2)ccc1F. The molecule has 0 bridgehead atoms. The summed E-state index contributed by atoms with van der Waals surface area (Å²) >= 11 is 0. The van der Waals surface area contributed by atoms with Crippen LogP contribution in [0.2, 0.25) is 0 Å². The Kier molecular flexibility index (Phi) is 4.76. The fourth-order valence-electron chi connectivity index (χ4n) is 2.38. The minimum absolute atomic E-state index is 0.0208. The first kappa shape index (κ1) is 18.4. The van der Waals surface area contributed by atoms with Gasteiger partial charge in [-0.15, -0.1) is 0 Å². The topological polar surface area (TPSA) is 75.3 Å². The molecule has 3 rings (SSSR count). The number of anilines is 1. The molecular formula is C17H15F3N2O3S. The van der Waals surface area contributed by atoms with Crippen molar-refractivity contribution in [1.82, 2.24) is 4.72 Å². The normalized spacial score (nSPS) is 19.2. The highest BCUT2D eigenvalue weighted by molar-refractivity contribution is 7.89. The zero-order valence-corrected chi connectivity index (χ0v) is 14.4. The van der Waals surface area contributed by atoms with Crippen molar-refractivity contribution >= 4 is 21.6 Å². The summed E-state index contributed by atoms with van der Waals surface area (Å²) in [7, 11) is -4.12. The summed E-state index contributed by atoms with van der Waals surface area (Å²) in [6.07, 6.45) is 0.664. The maximum absolute atomic E-state index is 14.0. The van der Waals surface area contributed by atoms with Gasteiger partial charge in [0, 0.05) is 23.4 Å². The van der Waals surface area contributed by atoms with E-state index in [1.807, 2.05) is 6.92 Å². The van der Waals surface area contributed by atoms with Gasteiger partial charge < -0.3 is 5.32 Å². The van der Waals surface area contributed by atoms with E-state index in [0.717, 1.165) is 36.4 Å². The fraction of sp³-hybridized carbons (Fsp3) is 0.235. The van der Waals surface area contributed by atoms with Crippen LogP contribution in [0.4, 0.5) is 18.9 Å². The third kappa shape index (κ3) is 3.88. The minimum atomic E-state index is -4.12. The van der Waals surface area contributed by atoms with E-state index in [4.69, 9.17) is 0 Å². The number of hydrogen-bond donors (Lipinski definition) is 2. The molecule has 2 atom stereocenters. The van der Waals surface area contributed by atoms with Crippen LogP contribution < -0.4 is 10.0 Å². The van der Waals surface area contributed by atoms with Crippen LogP contribution in [0.25, 0.3) is 0 Å². The van der Waals surface area contributed by atoms with Crippen LogP contribution in [0.5, 0.6) is 0 Å². The molecule has 0 radical (unpaired) electrons. The smallest absolute Gasteiger partial charge is 0.255 e. The molecule has 1 amide bonds. The van der Waals surface area contributed by atoms with E-state index in [1.54, 1.807) is 0 Å². The first-order valence-corrected chi connectivity index (χ1v) is 9.24. The predicted molar refractivity (Wildman–Crippen MR) is 88.6 cm³/mol. The highest BCUT2D eigenvalue weighted by atomic mass is 32.2. The number of carbonyl (C=O) groups excluding carboxylic acids is 1. The zero-order valence-electron chi connectivity index (χ0n) is 13.6. The molecule has 138 valence electrons. The Hall–Kier alpha value is -2.39. The summed E-state index contributed by atoms with van der Waals surface area (Å²) in [5.41, 5.74) is -0.159. The number of halogens is 3. The molecule has 2 unspecified atom stereocenters. The molecule has 2 N–H and O–H groups in total. The molecule has 9 heteroatoms. The standard InChI is InChI=1S/C17H15F3N2O3S/c1-9-6-15(9)22-26(24,25)16-7-10(2-4-13(16)19)17(23)21-11-3-5-12(18)14(20)8-11/h2-5,7-9,15,22H,6H2,1H3,(H,21,23). The molecule has 1 aliphatic rings.